The molecule has 6 nitrogen and oxygen atoms in total. The summed E-state index contributed by atoms with van der Waals surface area (Å²) in [5.74, 6) is 0.112. The van der Waals surface area contributed by atoms with Gasteiger partial charge in [0.15, 0.2) is 5.16 Å². The quantitative estimate of drug-likeness (QED) is 0.420. The average Bonchev–Trinajstić information content (AvgIpc) is 2.36. The molecule has 0 aliphatic heterocycles. The van der Waals surface area contributed by atoms with Crippen molar-refractivity contribution >= 4 is 17.7 Å². The Kier molecular flexibility index (Phi) is 6.45. The second-order valence-electron chi connectivity index (χ2n) is 3.53. The smallest absolute Gasteiger partial charge is 0.251 e. The van der Waals surface area contributed by atoms with Gasteiger partial charge in [0.25, 0.3) is 5.56 Å². The number of aryl methyl sites for hydroxylation is 1. The molecule has 0 radical (unpaired) electrons. The van der Waals surface area contributed by atoms with Crippen LogP contribution < -0.4 is 10.9 Å². The summed E-state index contributed by atoms with van der Waals surface area (Å²) in [6, 6.07) is 1.46. The summed E-state index contributed by atoms with van der Waals surface area (Å²) in [6.45, 7) is 2.89. The van der Waals surface area contributed by atoms with Crippen LogP contribution >= 0.6 is 11.8 Å². The molecule has 0 saturated heterocycles. The highest BCUT2D eigenvalue weighted by molar-refractivity contribution is 7.99. The third kappa shape index (κ3) is 5.33. The van der Waals surface area contributed by atoms with Crippen LogP contribution in [0, 0.1) is 0 Å². The van der Waals surface area contributed by atoms with E-state index >= 15 is 0 Å². The molecule has 18 heavy (non-hydrogen) atoms. The molecule has 1 rings (SSSR count). The van der Waals surface area contributed by atoms with Crippen molar-refractivity contribution in [1.82, 2.24) is 15.3 Å². The summed E-state index contributed by atoms with van der Waals surface area (Å²) in [5, 5.41) is 3.17. The highest BCUT2D eigenvalue weighted by Crippen LogP contribution is 2.10. The van der Waals surface area contributed by atoms with Crippen LogP contribution in [0.1, 0.15) is 12.6 Å². The average molecular weight is 271 g/mol. The van der Waals surface area contributed by atoms with E-state index in [1.807, 2.05) is 6.92 Å². The van der Waals surface area contributed by atoms with Crippen LogP contribution in [0.3, 0.4) is 0 Å². The molecule has 1 aromatic heterocycles. The molecule has 0 unspecified atom stereocenters. The van der Waals surface area contributed by atoms with Gasteiger partial charge < -0.3 is 15.0 Å². The number of aromatic nitrogens is 2. The summed E-state index contributed by atoms with van der Waals surface area (Å²) in [7, 11) is 1.58. The molecule has 0 spiro atoms. The lowest BCUT2D eigenvalue weighted by Crippen LogP contribution is -2.28. The first kappa shape index (κ1) is 14.7. The lowest BCUT2D eigenvalue weighted by Gasteiger charge is -2.04. The van der Waals surface area contributed by atoms with E-state index in [0.29, 0.717) is 24.7 Å². The van der Waals surface area contributed by atoms with Gasteiger partial charge in [-0.25, -0.2) is 4.98 Å². The van der Waals surface area contributed by atoms with Crippen LogP contribution in [0.25, 0.3) is 0 Å². The molecule has 7 heteroatoms. The first-order chi connectivity index (χ1) is 8.65. The summed E-state index contributed by atoms with van der Waals surface area (Å²) >= 11 is 1.21. The summed E-state index contributed by atoms with van der Waals surface area (Å²) < 4.78 is 4.82. The minimum atomic E-state index is -0.191. The van der Waals surface area contributed by atoms with Crippen molar-refractivity contribution < 1.29 is 9.53 Å². The molecule has 1 heterocycles. The Bertz CT molecular complexity index is 447. The van der Waals surface area contributed by atoms with Gasteiger partial charge in [0, 0.05) is 25.4 Å². The van der Waals surface area contributed by atoms with Crippen molar-refractivity contribution in [2.24, 2.45) is 0 Å². The van der Waals surface area contributed by atoms with Crippen molar-refractivity contribution in [2.45, 2.75) is 18.5 Å². The number of methoxy groups -OCH3 is 1. The number of H-pyrrole nitrogens is 1. The van der Waals surface area contributed by atoms with E-state index in [1.54, 1.807) is 7.11 Å². The number of amides is 1. The molecule has 1 aromatic rings. The van der Waals surface area contributed by atoms with Crippen LogP contribution in [0.2, 0.25) is 0 Å². The van der Waals surface area contributed by atoms with Gasteiger partial charge in [-0.1, -0.05) is 18.7 Å². The topological polar surface area (TPSA) is 84.1 Å². The second kappa shape index (κ2) is 7.88. The number of ether oxygens (including phenoxy) is 1. The maximum Gasteiger partial charge on any atom is 0.251 e. The zero-order valence-corrected chi connectivity index (χ0v) is 11.3. The molecule has 0 fully saturated rings. The fraction of sp³-hybridized carbons (Fsp3) is 0.545. The number of hydrogen-bond donors (Lipinski definition) is 2. The Morgan fingerprint density at radius 3 is 3.06 bits per heavy atom. The van der Waals surface area contributed by atoms with Gasteiger partial charge in [0.05, 0.1) is 12.4 Å². The monoisotopic (exact) mass is 271 g/mol. The Hall–Kier alpha value is -1.34. The van der Waals surface area contributed by atoms with E-state index in [1.165, 1.54) is 17.8 Å². The molecule has 0 bridgehead atoms. The Morgan fingerprint density at radius 2 is 2.39 bits per heavy atom. The molecular weight excluding hydrogens is 254 g/mol. The number of thioether (sulfide) groups is 1. The first-order valence-electron chi connectivity index (χ1n) is 5.64. The van der Waals surface area contributed by atoms with E-state index in [4.69, 9.17) is 4.74 Å². The molecule has 2 N–H and O–H groups in total. The third-order valence-electron chi connectivity index (χ3n) is 2.10. The van der Waals surface area contributed by atoms with Crippen LogP contribution in [-0.4, -0.2) is 41.9 Å². The Labute approximate surface area is 110 Å². The van der Waals surface area contributed by atoms with Crippen LogP contribution in [0.15, 0.2) is 16.0 Å². The van der Waals surface area contributed by atoms with Gasteiger partial charge in [0.2, 0.25) is 5.91 Å². The Morgan fingerprint density at radius 1 is 1.61 bits per heavy atom. The highest BCUT2D eigenvalue weighted by atomic mass is 32.2. The molecule has 1 amide bonds. The molecular formula is C11H17N3O3S. The minimum Gasteiger partial charge on any atom is -0.383 e. The van der Waals surface area contributed by atoms with Crippen LogP contribution in [-0.2, 0) is 16.0 Å². The number of carbonyl (C=O) groups excluding carboxylic acids is 1. The normalized spacial score (nSPS) is 10.3. The van der Waals surface area contributed by atoms with E-state index in [2.05, 4.69) is 15.3 Å². The van der Waals surface area contributed by atoms with Gasteiger partial charge in [-0.3, -0.25) is 9.59 Å². The predicted molar refractivity (Wildman–Crippen MR) is 69.8 cm³/mol. The van der Waals surface area contributed by atoms with Gasteiger partial charge in [0.1, 0.15) is 0 Å². The number of carbonyl (C=O) groups is 1. The molecule has 100 valence electrons. The second-order valence-corrected chi connectivity index (χ2v) is 4.49. The highest BCUT2D eigenvalue weighted by Gasteiger charge is 2.05. The fourth-order valence-corrected chi connectivity index (χ4v) is 1.93. The number of rotatable bonds is 7. The summed E-state index contributed by atoms with van der Waals surface area (Å²) in [5.41, 5.74) is 0.533. The predicted octanol–water partition coefficient (Wildman–Crippen LogP) is 0.187. The van der Waals surface area contributed by atoms with Crippen LogP contribution in [0.5, 0.6) is 0 Å². The molecule has 0 aromatic carbocycles. The summed E-state index contributed by atoms with van der Waals surface area (Å²) in [6.07, 6.45) is 0.692. The number of aromatic amines is 1. The summed E-state index contributed by atoms with van der Waals surface area (Å²) in [4.78, 5) is 29.5. The lowest BCUT2D eigenvalue weighted by atomic mass is 10.3. The zero-order chi connectivity index (χ0) is 13.4. The zero-order valence-electron chi connectivity index (χ0n) is 10.5. The molecule has 0 saturated carbocycles. The van der Waals surface area contributed by atoms with Crippen molar-refractivity contribution in [2.75, 3.05) is 26.0 Å². The van der Waals surface area contributed by atoms with E-state index in [0.717, 1.165) is 5.69 Å². The van der Waals surface area contributed by atoms with Crippen molar-refractivity contribution in [3.05, 3.63) is 22.1 Å². The minimum absolute atomic E-state index is 0.110. The fourth-order valence-electron chi connectivity index (χ4n) is 1.21. The van der Waals surface area contributed by atoms with E-state index < -0.39 is 0 Å². The van der Waals surface area contributed by atoms with Gasteiger partial charge in [-0.05, 0) is 6.42 Å². The van der Waals surface area contributed by atoms with E-state index in [-0.39, 0.29) is 17.2 Å². The third-order valence-corrected chi connectivity index (χ3v) is 2.98. The molecule has 0 atom stereocenters. The number of hydrogen-bond acceptors (Lipinski definition) is 5. The molecule has 0 aliphatic rings. The lowest BCUT2D eigenvalue weighted by molar-refractivity contribution is -0.118. The van der Waals surface area contributed by atoms with Gasteiger partial charge in [-0.2, -0.15) is 0 Å². The Balaban J connectivity index is 2.45. The first-order valence-corrected chi connectivity index (χ1v) is 6.63. The van der Waals surface area contributed by atoms with Crippen molar-refractivity contribution in [3.63, 3.8) is 0 Å². The maximum atomic E-state index is 11.4. The molecule has 0 aliphatic carbocycles. The van der Waals surface area contributed by atoms with E-state index in [9.17, 15) is 9.59 Å². The SMILES string of the molecule is CCc1cc(=O)[nH]c(SCC(=O)NCCOC)n1. The van der Waals surface area contributed by atoms with Gasteiger partial charge >= 0.3 is 0 Å². The number of nitrogens with one attached hydrogen (secondary N) is 2. The van der Waals surface area contributed by atoms with Gasteiger partial charge in [-0.15, -0.1) is 0 Å². The van der Waals surface area contributed by atoms with Crippen LogP contribution in [0.4, 0.5) is 0 Å². The largest absolute Gasteiger partial charge is 0.383 e. The van der Waals surface area contributed by atoms with Crippen molar-refractivity contribution in [1.29, 1.82) is 0 Å². The standard InChI is InChI=1S/C11H17N3O3S/c1-3-8-6-9(15)14-11(13-8)18-7-10(16)12-4-5-17-2/h6H,3-5,7H2,1-2H3,(H,12,16)(H,13,14,15). The van der Waals surface area contributed by atoms with Crippen molar-refractivity contribution in [3.8, 4) is 0 Å². The number of nitrogens with zero attached hydrogens (tertiary/aromatic N) is 1. The maximum absolute atomic E-state index is 11.4.